The summed E-state index contributed by atoms with van der Waals surface area (Å²) >= 11 is 0. The van der Waals surface area contributed by atoms with Gasteiger partial charge in [0.25, 0.3) is 5.91 Å². The summed E-state index contributed by atoms with van der Waals surface area (Å²) < 4.78 is 16.4. The number of aromatic hydroxyl groups is 1. The number of fused-ring (bicyclic) bond motifs is 1. The van der Waals surface area contributed by atoms with Crippen molar-refractivity contribution in [2.24, 2.45) is 0 Å². The maximum atomic E-state index is 13.6. The predicted octanol–water partition coefficient (Wildman–Crippen LogP) is 4.58. The summed E-state index contributed by atoms with van der Waals surface area (Å²) in [5.74, 6) is 1.20. The third-order valence-corrected chi connectivity index (χ3v) is 5.20. The molecule has 3 aromatic carbocycles. The minimum atomic E-state index is -0.690. The van der Waals surface area contributed by atoms with Gasteiger partial charge in [-0.05, 0) is 37.3 Å². The van der Waals surface area contributed by atoms with Gasteiger partial charge in [0.15, 0.2) is 11.5 Å². The van der Waals surface area contributed by atoms with Gasteiger partial charge in [0.1, 0.15) is 17.7 Å². The molecule has 0 fully saturated rings. The lowest BCUT2D eigenvalue weighted by molar-refractivity contribution is 0.0973. The van der Waals surface area contributed by atoms with Crippen molar-refractivity contribution in [1.29, 1.82) is 0 Å². The van der Waals surface area contributed by atoms with E-state index >= 15 is 0 Å². The van der Waals surface area contributed by atoms with Crippen LogP contribution in [0, 0.1) is 0 Å². The fourth-order valence-electron chi connectivity index (χ4n) is 3.74. The zero-order valence-corrected chi connectivity index (χ0v) is 17.6. The lowest BCUT2D eigenvalue weighted by atomic mass is 10.0. The van der Waals surface area contributed by atoms with Crippen molar-refractivity contribution >= 4 is 17.3 Å². The Labute approximate surface area is 180 Å². The van der Waals surface area contributed by atoms with Crippen LogP contribution in [0.25, 0.3) is 0 Å². The summed E-state index contributed by atoms with van der Waals surface area (Å²) in [6.07, 6.45) is -0.690. The first kappa shape index (κ1) is 20.4. The second kappa shape index (κ2) is 8.47. The highest BCUT2D eigenvalue weighted by Gasteiger charge is 2.37. The fraction of sp³-hybridized carbons (Fsp3) is 0.208. The molecule has 1 atom stereocenters. The number of para-hydroxylation sites is 2. The number of hydrogen-bond acceptors (Lipinski definition) is 6. The van der Waals surface area contributed by atoms with Crippen LogP contribution in [0.15, 0.2) is 60.7 Å². The molecule has 7 nitrogen and oxygen atoms in total. The van der Waals surface area contributed by atoms with E-state index in [1.54, 1.807) is 54.5 Å². The largest absolute Gasteiger partial charge is 0.504 e. The van der Waals surface area contributed by atoms with Gasteiger partial charge in [0.2, 0.25) is 0 Å². The van der Waals surface area contributed by atoms with Crippen LogP contribution < -0.4 is 24.4 Å². The molecule has 0 bridgehead atoms. The molecule has 1 unspecified atom stereocenters. The van der Waals surface area contributed by atoms with Crippen LogP contribution in [0.1, 0.15) is 29.0 Å². The molecular weight excluding hydrogens is 396 g/mol. The molecular formula is C24H24N2O5. The molecule has 0 saturated heterocycles. The topological polar surface area (TPSA) is 80.3 Å². The molecule has 1 heterocycles. The number of carbonyl (C=O) groups is 1. The average molecular weight is 420 g/mol. The SMILES string of the molecule is CCOc1cccc(C2Nc3ccccc3C(=O)N2c2ccc(OC)cc2OC)c1O. The second-order valence-corrected chi connectivity index (χ2v) is 6.93. The Bertz CT molecular complexity index is 1110. The van der Waals surface area contributed by atoms with Gasteiger partial charge in [-0.3, -0.25) is 9.69 Å². The van der Waals surface area contributed by atoms with Crippen molar-refractivity contribution in [3.8, 4) is 23.0 Å². The summed E-state index contributed by atoms with van der Waals surface area (Å²) in [7, 11) is 3.11. The third kappa shape index (κ3) is 3.59. The number of ether oxygens (including phenoxy) is 3. The number of carbonyl (C=O) groups excluding carboxylic acids is 1. The first-order valence-corrected chi connectivity index (χ1v) is 9.94. The number of methoxy groups -OCH3 is 2. The van der Waals surface area contributed by atoms with E-state index in [9.17, 15) is 9.90 Å². The zero-order valence-electron chi connectivity index (χ0n) is 17.6. The molecule has 1 amide bonds. The van der Waals surface area contributed by atoms with Crippen molar-refractivity contribution < 1.29 is 24.1 Å². The molecule has 1 aliphatic heterocycles. The van der Waals surface area contributed by atoms with Crippen molar-refractivity contribution in [2.75, 3.05) is 31.0 Å². The molecule has 0 spiro atoms. The van der Waals surface area contributed by atoms with E-state index in [0.29, 0.717) is 46.4 Å². The third-order valence-electron chi connectivity index (χ3n) is 5.20. The van der Waals surface area contributed by atoms with Gasteiger partial charge in [-0.15, -0.1) is 0 Å². The molecule has 4 rings (SSSR count). The molecule has 0 radical (unpaired) electrons. The Kier molecular flexibility index (Phi) is 5.58. The van der Waals surface area contributed by atoms with Crippen molar-refractivity contribution in [1.82, 2.24) is 0 Å². The van der Waals surface area contributed by atoms with Gasteiger partial charge >= 0.3 is 0 Å². The quantitative estimate of drug-likeness (QED) is 0.608. The number of nitrogens with one attached hydrogen (secondary N) is 1. The summed E-state index contributed by atoms with van der Waals surface area (Å²) in [5, 5.41) is 14.3. The van der Waals surface area contributed by atoms with Gasteiger partial charge in [-0.25, -0.2) is 0 Å². The average Bonchev–Trinajstić information content (AvgIpc) is 2.80. The molecule has 0 aliphatic carbocycles. The molecule has 3 aromatic rings. The van der Waals surface area contributed by atoms with E-state index in [4.69, 9.17) is 14.2 Å². The Balaban J connectivity index is 1.91. The van der Waals surface area contributed by atoms with E-state index in [-0.39, 0.29) is 11.7 Å². The molecule has 2 N–H and O–H groups in total. The Hall–Kier alpha value is -3.87. The van der Waals surface area contributed by atoms with Crippen molar-refractivity contribution in [3.63, 3.8) is 0 Å². The molecule has 7 heteroatoms. The minimum absolute atomic E-state index is 0.0218. The van der Waals surface area contributed by atoms with E-state index in [1.807, 2.05) is 25.1 Å². The van der Waals surface area contributed by atoms with Crippen molar-refractivity contribution in [2.45, 2.75) is 13.1 Å². The van der Waals surface area contributed by atoms with Gasteiger partial charge in [-0.2, -0.15) is 0 Å². The minimum Gasteiger partial charge on any atom is -0.504 e. The molecule has 1 aliphatic rings. The number of phenolic OH excluding ortho intramolecular Hbond substituents is 1. The number of hydrogen-bond donors (Lipinski definition) is 2. The molecule has 0 saturated carbocycles. The molecule has 31 heavy (non-hydrogen) atoms. The highest BCUT2D eigenvalue weighted by Crippen LogP contribution is 2.45. The summed E-state index contributed by atoms with van der Waals surface area (Å²) in [4.78, 5) is 15.2. The molecule has 160 valence electrons. The smallest absolute Gasteiger partial charge is 0.262 e. The number of benzene rings is 3. The zero-order chi connectivity index (χ0) is 22.0. The predicted molar refractivity (Wildman–Crippen MR) is 118 cm³/mol. The van der Waals surface area contributed by atoms with Crippen LogP contribution in [0.5, 0.6) is 23.0 Å². The normalized spacial score (nSPS) is 15.1. The van der Waals surface area contributed by atoms with Crippen LogP contribution >= 0.6 is 0 Å². The van der Waals surface area contributed by atoms with Crippen LogP contribution in [0.2, 0.25) is 0 Å². The van der Waals surface area contributed by atoms with Crippen LogP contribution in [0.4, 0.5) is 11.4 Å². The van der Waals surface area contributed by atoms with Crippen LogP contribution in [-0.2, 0) is 0 Å². The number of rotatable bonds is 6. The Morgan fingerprint density at radius 3 is 2.55 bits per heavy atom. The monoisotopic (exact) mass is 420 g/mol. The second-order valence-electron chi connectivity index (χ2n) is 6.93. The Morgan fingerprint density at radius 1 is 1.00 bits per heavy atom. The standard InChI is InChI=1S/C24H24N2O5/c1-4-31-20-11-7-9-17(22(20)27)23-25-18-10-6-5-8-16(18)24(28)26(23)19-13-12-15(29-2)14-21(19)30-3/h5-14,23,25,27H,4H2,1-3H3. The first-order valence-electron chi connectivity index (χ1n) is 9.94. The lowest BCUT2D eigenvalue weighted by Gasteiger charge is -2.39. The van der Waals surface area contributed by atoms with Gasteiger partial charge in [-0.1, -0.05) is 24.3 Å². The lowest BCUT2D eigenvalue weighted by Crippen LogP contribution is -2.43. The van der Waals surface area contributed by atoms with Gasteiger partial charge in [0.05, 0.1) is 32.1 Å². The summed E-state index contributed by atoms with van der Waals surface area (Å²) in [5.41, 5.74) is 2.26. The fourth-order valence-corrected chi connectivity index (χ4v) is 3.74. The number of phenols is 1. The number of anilines is 2. The van der Waals surface area contributed by atoms with E-state index in [2.05, 4.69) is 5.32 Å². The highest BCUT2D eigenvalue weighted by molar-refractivity contribution is 6.12. The van der Waals surface area contributed by atoms with Gasteiger partial charge in [0, 0.05) is 17.3 Å². The summed E-state index contributed by atoms with van der Waals surface area (Å²) in [6.45, 7) is 2.26. The van der Waals surface area contributed by atoms with E-state index in [0.717, 1.165) is 0 Å². The Morgan fingerprint density at radius 2 is 1.81 bits per heavy atom. The van der Waals surface area contributed by atoms with Crippen LogP contribution in [0.3, 0.4) is 0 Å². The molecule has 0 aromatic heterocycles. The van der Waals surface area contributed by atoms with Crippen LogP contribution in [-0.4, -0.2) is 31.8 Å². The maximum Gasteiger partial charge on any atom is 0.262 e. The first-order chi connectivity index (χ1) is 15.1. The van der Waals surface area contributed by atoms with Crippen molar-refractivity contribution in [3.05, 3.63) is 71.8 Å². The van der Waals surface area contributed by atoms with Gasteiger partial charge < -0.3 is 24.6 Å². The number of amides is 1. The number of nitrogens with zero attached hydrogens (tertiary/aromatic N) is 1. The van der Waals surface area contributed by atoms with E-state index < -0.39 is 6.17 Å². The summed E-state index contributed by atoms with van der Waals surface area (Å²) in [6, 6.07) is 17.8. The highest BCUT2D eigenvalue weighted by atomic mass is 16.5. The van der Waals surface area contributed by atoms with E-state index in [1.165, 1.54) is 7.11 Å². The maximum absolute atomic E-state index is 13.6.